The number of amides is 1. The number of aryl methyl sites for hydroxylation is 2. The number of anilines is 1. The number of fused-ring (bicyclic) bond motifs is 1. The molecule has 4 rings (SSSR count). The second-order valence-electron chi connectivity index (χ2n) is 6.76. The highest BCUT2D eigenvalue weighted by molar-refractivity contribution is 6.06. The number of para-hydroxylation sites is 2. The zero-order valence-electron chi connectivity index (χ0n) is 16.8. The normalized spacial score (nSPS) is 10.7. The van der Waals surface area contributed by atoms with Gasteiger partial charge in [-0.2, -0.15) is 5.10 Å². The lowest BCUT2D eigenvalue weighted by Gasteiger charge is -2.12. The molecule has 4 aromatic rings. The van der Waals surface area contributed by atoms with Crippen molar-refractivity contribution in [1.82, 2.24) is 14.8 Å². The summed E-state index contributed by atoms with van der Waals surface area (Å²) in [6.45, 7) is 2.61. The quantitative estimate of drug-likeness (QED) is 0.473. The summed E-state index contributed by atoms with van der Waals surface area (Å²) in [5.74, 6) is 1.01. The highest BCUT2D eigenvalue weighted by Crippen LogP contribution is 2.22. The monoisotopic (exact) mass is 402 g/mol. The molecule has 0 radical (unpaired) electrons. The Morgan fingerprint density at radius 3 is 2.60 bits per heavy atom. The van der Waals surface area contributed by atoms with Gasteiger partial charge in [0.05, 0.1) is 23.1 Å². The van der Waals surface area contributed by atoms with Crippen LogP contribution in [0.25, 0.3) is 11.0 Å². The van der Waals surface area contributed by atoms with Crippen LogP contribution in [0.3, 0.4) is 0 Å². The standard InChI is InChI=1S/C23H22N4O3/c1-16-20-14-17(15-24-22(20)27(2)26-16)25-23(28)19-10-6-7-11-21(19)30-13-12-29-18-8-4-3-5-9-18/h3-11,14-15H,12-13H2,1-2H3,(H,25,28). The molecular weight excluding hydrogens is 380 g/mol. The topological polar surface area (TPSA) is 78.3 Å². The van der Waals surface area contributed by atoms with Gasteiger partial charge in [-0.15, -0.1) is 0 Å². The average molecular weight is 402 g/mol. The minimum absolute atomic E-state index is 0.266. The third-order valence-corrected chi connectivity index (χ3v) is 4.61. The fraction of sp³-hybridized carbons (Fsp3) is 0.174. The fourth-order valence-corrected chi connectivity index (χ4v) is 3.18. The van der Waals surface area contributed by atoms with Crippen molar-refractivity contribution in [3.63, 3.8) is 0 Å². The van der Waals surface area contributed by atoms with E-state index < -0.39 is 0 Å². The third kappa shape index (κ3) is 4.25. The van der Waals surface area contributed by atoms with Crippen LogP contribution in [-0.2, 0) is 7.05 Å². The Hall–Kier alpha value is -3.87. The largest absolute Gasteiger partial charge is 0.490 e. The number of carbonyl (C=O) groups excluding carboxylic acids is 1. The van der Waals surface area contributed by atoms with Gasteiger partial charge in [-0.3, -0.25) is 9.48 Å². The van der Waals surface area contributed by atoms with Crippen LogP contribution in [-0.4, -0.2) is 33.9 Å². The molecule has 7 nitrogen and oxygen atoms in total. The van der Waals surface area contributed by atoms with Gasteiger partial charge in [-0.05, 0) is 37.3 Å². The van der Waals surface area contributed by atoms with Crippen LogP contribution in [0.4, 0.5) is 5.69 Å². The van der Waals surface area contributed by atoms with E-state index in [0.29, 0.717) is 30.2 Å². The highest BCUT2D eigenvalue weighted by atomic mass is 16.5. The van der Waals surface area contributed by atoms with E-state index in [9.17, 15) is 4.79 Å². The van der Waals surface area contributed by atoms with Crippen LogP contribution in [0.1, 0.15) is 16.1 Å². The predicted octanol–water partition coefficient (Wildman–Crippen LogP) is 3.99. The Kier molecular flexibility index (Phi) is 5.61. The molecule has 2 heterocycles. The Balaban J connectivity index is 1.42. The maximum atomic E-state index is 12.8. The molecule has 0 spiro atoms. The molecule has 30 heavy (non-hydrogen) atoms. The first-order valence-electron chi connectivity index (χ1n) is 9.62. The van der Waals surface area contributed by atoms with Crippen LogP contribution in [0.15, 0.2) is 66.9 Å². The molecule has 7 heteroatoms. The molecule has 0 aliphatic carbocycles. The van der Waals surface area contributed by atoms with E-state index in [1.165, 1.54) is 0 Å². The van der Waals surface area contributed by atoms with Crippen molar-refractivity contribution in [1.29, 1.82) is 0 Å². The summed E-state index contributed by atoms with van der Waals surface area (Å²) in [5.41, 5.74) is 2.68. The van der Waals surface area contributed by atoms with E-state index in [2.05, 4.69) is 15.4 Å². The molecule has 1 N–H and O–H groups in total. The van der Waals surface area contributed by atoms with E-state index in [0.717, 1.165) is 22.5 Å². The Morgan fingerprint density at radius 2 is 1.77 bits per heavy atom. The number of carbonyl (C=O) groups is 1. The Morgan fingerprint density at radius 1 is 1.03 bits per heavy atom. The molecule has 0 bridgehead atoms. The summed E-state index contributed by atoms with van der Waals surface area (Å²) in [7, 11) is 1.84. The van der Waals surface area contributed by atoms with Crippen molar-refractivity contribution in [3.05, 3.63) is 78.1 Å². The molecule has 2 aromatic carbocycles. The van der Waals surface area contributed by atoms with Gasteiger partial charge in [0.2, 0.25) is 0 Å². The van der Waals surface area contributed by atoms with Gasteiger partial charge in [0.15, 0.2) is 5.65 Å². The van der Waals surface area contributed by atoms with Gasteiger partial charge in [0.1, 0.15) is 24.7 Å². The zero-order chi connectivity index (χ0) is 20.9. The number of nitrogens with one attached hydrogen (secondary N) is 1. The van der Waals surface area contributed by atoms with E-state index in [1.54, 1.807) is 29.1 Å². The second-order valence-corrected chi connectivity index (χ2v) is 6.76. The second kappa shape index (κ2) is 8.65. The minimum Gasteiger partial charge on any atom is -0.490 e. The van der Waals surface area contributed by atoms with E-state index in [4.69, 9.17) is 9.47 Å². The molecular formula is C23H22N4O3. The van der Waals surface area contributed by atoms with Crippen LogP contribution in [0.2, 0.25) is 0 Å². The number of benzene rings is 2. The van der Waals surface area contributed by atoms with Crippen molar-refractivity contribution < 1.29 is 14.3 Å². The summed E-state index contributed by atoms with van der Waals surface area (Å²) in [4.78, 5) is 17.2. The van der Waals surface area contributed by atoms with E-state index in [1.807, 2.05) is 56.4 Å². The van der Waals surface area contributed by atoms with Crippen LogP contribution < -0.4 is 14.8 Å². The number of hydrogen-bond donors (Lipinski definition) is 1. The summed E-state index contributed by atoms with van der Waals surface area (Å²) in [6.07, 6.45) is 1.62. The third-order valence-electron chi connectivity index (χ3n) is 4.61. The first kappa shape index (κ1) is 19.4. The van der Waals surface area contributed by atoms with Crippen molar-refractivity contribution in [2.75, 3.05) is 18.5 Å². The molecule has 0 saturated heterocycles. The molecule has 152 valence electrons. The molecule has 0 unspecified atom stereocenters. The van der Waals surface area contributed by atoms with Crippen molar-refractivity contribution >= 4 is 22.6 Å². The molecule has 1 amide bonds. The van der Waals surface area contributed by atoms with Crippen molar-refractivity contribution in [2.45, 2.75) is 6.92 Å². The SMILES string of the molecule is Cc1nn(C)c2ncc(NC(=O)c3ccccc3OCCOc3ccccc3)cc12. The average Bonchev–Trinajstić information content (AvgIpc) is 3.05. The number of ether oxygens (including phenoxy) is 2. The van der Waals surface area contributed by atoms with Gasteiger partial charge in [0, 0.05) is 12.4 Å². The van der Waals surface area contributed by atoms with Gasteiger partial charge < -0.3 is 14.8 Å². The van der Waals surface area contributed by atoms with Crippen LogP contribution in [0, 0.1) is 6.92 Å². The molecule has 0 atom stereocenters. The summed E-state index contributed by atoms with van der Waals surface area (Å²) in [5, 5.41) is 8.15. The lowest BCUT2D eigenvalue weighted by molar-refractivity contribution is 0.102. The maximum absolute atomic E-state index is 12.8. The summed E-state index contributed by atoms with van der Waals surface area (Å²) in [6, 6.07) is 18.5. The lowest BCUT2D eigenvalue weighted by Crippen LogP contribution is -2.15. The fourth-order valence-electron chi connectivity index (χ4n) is 3.18. The van der Waals surface area contributed by atoms with E-state index >= 15 is 0 Å². The zero-order valence-corrected chi connectivity index (χ0v) is 16.8. The molecule has 0 fully saturated rings. The molecule has 0 saturated carbocycles. The van der Waals surface area contributed by atoms with Gasteiger partial charge in [-0.25, -0.2) is 4.98 Å². The van der Waals surface area contributed by atoms with Gasteiger partial charge in [-0.1, -0.05) is 30.3 Å². The number of nitrogens with zero attached hydrogens (tertiary/aromatic N) is 3. The van der Waals surface area contributed by atoms with E-state index in [-0.39, 0.29) is 5.91 Å². The number of aromatic nitrogens is 3. The number of rotatable bonds is 7. The first-order valence-corrected chi connectivity index (χ1v) is 9.62. The molecule has 2 aromatic heterocycles. The van der Waals surface area contributed by atoms with Crippen LogP contribution in [0.5, 0.6) is 11.5 Å². The smallest absolute Gasteiger partial charge is 0.259 e. The number of pyridine rings is 1. The Bertz CT molecular complexity index is 1170. The van der Waals surface area contributed by atoms with Crippen molar-refractivity contribution in [2.24, 2.45) is 7.05 Å². The lowest BCUT2D eigenvalue weighted by atomic mass is 10.2. The minimum atomic E-state index is -0.266. The summed E-state index contributed by atoms with van der Waals surface area (Å²) >= 11 is 0. The number of hydrogen-bond acceptors (Lipinski definition) is 5. The van der Waals surface area contributed by atoms with Gasteiger partial charge in [0.25, 0.3) is 5.91 Å². The molecule has 0 aliphatic rings. The molecule has 0 aliphatic heterocycles. The maximum Gasteiger partial charge on any atom is 0.259 e. The van der Waals surface area contributed by atoms with Crippen molar-refractivity contribution in [3.8, 4) is 11.5 Å². The highest BCUT2D eigenvalue weighted by Gasteiger charge is 2.14. The first-order chi connectivity index (χ1) is 14.6. The summed E-state index contributed by atoms with van der Waals surface area (Å²) < 4.78 is 13.2. The van der Waals surface area contributed by atoms with Gasteiger partial charge >= 0.3 is 0 Å². The van der Waals surface area contributed by atoms with Crippen LogP contribution >= 0.6 is 0 Å². The predicted molar refractivity (Wildman–Crippen MR) is 115 cm³/mol. The Labute approximate surface area is 174 Å².